The van der Waals surface area contributed by atoms with Crippen LogP contribution in [0.5, 0.6) is 0 Å². The second-order valence-electron chi connectivity index (χ2n) is 6.58. The van der Waals surface area contributed by atoms with Crippen molar-refractivity contribution in [2.75, 3.05) is 26.7 Å². The van der Waals surface area contributed by atoms with Crippen molar-refractivity contribution < 1.29 is 0 Å². The second-order valence-corrected chi connectivity index (χ2v) is 7.55. The molecule has 0 spiro atoms. The normalized spacial score (nSPS) is 13.3. The Bertz CT molecular complexity index is 438. The molecule has 0 aliphatic heterocycles. The fraction of sp³-hybridized carbons (Fsp3) is 0.722. The van der Waals surface area contributed by atoms with Crippen LogP contribution in [0.25, 0.3) is 0 Å². The number of hydrogen-bond acceptors (Lipinski definition) is 3. The Kier molecular flexibility index (Phi) is 12.8. The van der Waals surface area contributed by atoms with E-state index >= 15 is 0 Å². The molecule has 1 atom stereocenters. The Labute approximate surface area is 169 Å². The van der Waals surface area contributed by atoms with E-state index in [-0.39, 0.29) is 24.0 Å². The van der Waals surface area contributed by atoms with Crippen molar-refractivity contribution in [1.29, 1.82) is 0 Å². The van der Waals surface area contributed by atoms with Gasteiger partial charge >= 0.3 is 0 Å². The van der Waals surface area contributed by atoms with Gasteiger partial charge in [-0.1, -0.05) is 13.0 Å². The average molecular weight is 466 g/mol. The molecule has 1 rings (SSSR count). The van der Waals surface area contributed by atoms with Gasteiger partial charge in [0, 0.05) is 49.6 Å². The number of nitrogens with zero attached hydrogens (tertiary/aromatic N) is 2. The number of guanidine groups is 1. The van der Waals surface area contributed by atoms with Crippen molar-refractivity contribution in [2.45, 2.75) is 59.0 Å². The lowest BCUT2D eigenvalue weighted by Crippen LogP contribution is -2.42. The van der Waals surface area contributed by atoms with Crippen LogP contribution in [0.4, 0.5) is 0 Å². The van der Waals surface area contributed by atoms with Crippen LogP contribution in [0.1, 0.15) is 51.8 Å². The molecular weight excluding hydrogens is 431 g/mol. The standard InChI is InChI=1S/C18H34N4S.HI/c1-14(2)22(15(3)4)11-8-10-20-18(19-6)21-13-16(5)17-9-7-12-23-17;/h7,9,12,14-16H,8,10-11,13H2,1-6H3,(H2,19,20,21);1H. The third kappa shape index (κ3) is 8.67. The van der Waals surface area contributed by atoms with Gasteiger partial charge in [-0.15, -0.1) is 35.3 Å². The number of hydrogen-bond donors (Lipinski definition) is 2. The third-order valence-electron chi connectivity index (χ3n) is 4.04. The molecule has 6 heteroatoms. The number of nitrogens with one attached hydrogen (secondary N) is 2. The van der Waals surface area contributed by atoms with E-state index in [0.29, 0.717) is 18.0 Å². The van der Waals surface area contributed by atoms with Gasteiger partial charge in [0.25, 0.3) is 0 Å². The first-order valence-electron chi connectivity index (χ1n) is 8.69. The third-order valence-corrected chi connectivity index (χ3v) is 5.14. The van der Waals surface area contributed by atoms with E-state index < -0.39 is 0 Å². The van der Waals surface area contributed by atoms with Crippen LogP contribution in [-0.4, -0.2) is 49.6 Å². The maximum Gasteiger partial charge on any atom is 0.190 e. The van der Waals surface area contributed by atoms with E-state index in [4.69, 9.17) is 0 Å². The van der Waals surface area contributed by atoms with Gasteiger partial charge in [0.15, 0.2) is 5.96 Å². The zero-order valence-electron chi connectivity index (χ0n) is 16.0. The maximum absolute atomic E-state index is 4.31. The highest BCUT2D eigenvalue weighted by Gasteiger charge is 2.12. The predicted octanol–water partition coefficient (Wildman–Crippen LogP) is 4.14. The van der Waals surface area contributed by atoms with Crippen molar-refractivity contribution in [1.82, 2.24) is 15.5 Å². The largest absolute Gasteiger partial charge is 0.356 e. The van der Waals surface area contributed by atoms with Gasteiger partial charge in [0.1, 0.15) is 0 Å². The first-order chi connectivity index (χ1) is 11.0. The van der Waals surface area contributed by atoms with E-state index in [1.807, 2.05) is 18.4 Å². The van der Waals surface area contributed by atoms with Crippen molar-refractivity contribution >= 4 is 41.3 Å². The highest BCUT2D eigenvalue weighted by molar-refractivity contribution is 14.0. The first-order valence-corrected chi connectivity index (χ1v) is 9.57. The van der Waals surface area contributed by atoms with Crippen LogP contribution in [0.3, 0.4) is 0 Å². The highest BCUT2D eigenvalue weighted by atomic mass is 127. The van der Waals surface area contributed by atoms with Crippen LogP contribution >= 0.6 is 35.3 Å². The zero-order chi connectivity index (χ0) is 17.2. The summed E-state index contributed by atoms with van der Waals surface area (Å²) in [5.74, 6) is 1.40. The number of aliphatic imine (C=N–C) groups is 1. The Morgan fingerprint density at radius 3 is 2.33 bits per heavy atom. The van der Waals surface area contributed by atoms with Gasteiger partial charge in [0.2, 0.25) is 0 Å². The lowest BCUT2D eigenvalue weighted by atomic mass is 10.1. The van der Waals surface area contributed by atoms with Crippen molar-refractivity contribution in [3.05, 3.63) is 22.4 Å². The summed E-state index contributed by atoms with van der Waals surface area (Å²) >= 11 is 1.81. The van der Waals surface area contributed by atoms with Gasteiger partial charge in [-0.3, -0.25) is 9.89 Å². The molecular formula is C18H35IN4S. The molecule has 0 fully saturated rings. The van der Waals surface area contributed by atoms with Gasteiger partial charge < -0.3 is 10.6 Å². The fourth-order valence-electron chi connectivity index (χ4n) is 2.72. The van der Waals surface area contributed by atoms with Crippen LogP contribution in [0.2, 0.25) is 0 Å². The molecule has 1 unspecified atom stereocenters. The smallest absolute Gasteiger partial charge is 0.190 e. The molecule has 0 aromatic carbocycles. The Hall–Kier alpha value is -0.340. The summed E-state index contributed by atoms with van der Waals surface area (Å²) in [6.45, 7) is 14.3. The van der Waals surface area contributed by atoms with E-state index in [2.05, 4.69) is 72.7 Å². The molecule has 24 heavy (non-hydrogen) atoms. The van der Waals surface area contributed by atoms with E-state index in [1.165, 1.54) is 4.88 Å². The van der Waals surface area contributed by atoms with E-state index in [9.17, 15) is 0 Å². The Morgan fingerprint density at radius 1 is 1.17 bits per heavy atom. The molecule has 1 aromatic heterocycles. The SMILES string of the molecule is CN=C(NCCCN(C(C)C)C(C)C)NCC(C)c1cccs1.I. The van der Waals surface area contributed by atoms with Crippen molar-refractivity contribution in [3.63, 3.8) is 0 Å². The lowest BCUT2D eigenvalue weighted by Gasteiger charge is -2.30. The molecule has 0 saturated heterocycles. The number of halogens is 1. The van der Waals surface area contributed by atoms with Gasteiger partial charge in [-0.25, -0.2) is 0 Å². The first kappa shape index (κ1) is 23.7. The fourth-order valence-corrected chi connectivity index (χ4v) is 3.51. The predicted molar refractivity (Wildman–Crippen MR) is 119 cm³/mol. The summed E-state index contributed by atoms with van der Waals surface area (Å²) in [7, 11) is 1.83. The number of rotatable bonds is 9. The van der Waals surface area contributed by atoms with Gasteiger partial charge in [-0.2, -0.15) is 0 Å². The molecule has 0 radical (unpaired) electrons. The average Bonchev–Trinajstić information content (AvgIpc) is 3.03. The molecule has 0 aliphatic carbocycles. The number of thiophene rings is 1. The molecule has 0 bridgehead atoms. The molecule has 1 heterocycles. The Balaban J connectivity index is 0.00000529. The maximum atomic E-state index is 4.31. The minimum atomic E-state index is 0. The summed E-state index contributed by atoms with van der Waals surface area (Å²) in [5.41, 5.74) is 0. The second kappa shape index (κ2) is 12.9. The molecule has 4 nitrogen and oxygen atoms in total. The van der Waals surface area contributed by atoms with Gasteiger partial charge in [-0.05, 0) is 45.6 Å². The molecule has 0 amide bonds. The quantitative estimate of drug-likeness (QED) is 0.249. The van der Waals surface area contributed by atoms with Crippen molar-refractivity contribution in [2.24, 2.45) is 4.99 Å². The molecule has 0 saturated carbocycles. The highest BCUT2D eigenvalue weighted by Crippen LogP contribution is 2.19. The molecule has 140 valence electrons. The Morgan fingerprint density at radius 2 is 1.83 bits per heavy atom. The molecule has 1 aromatic rings. The summed E-state index contributed by atoms with van der Waals surface area (Å²) in [5, 5.41) is 8.98. The van der Waals surface area contributed by atoms with Crippen LogP contribution in [-0.2, 0) is 0 Å². The van der Waals surface area contributed by atoms with Crippen LogP contribution < -0.4 is 10.6 Å². The summed E-state index contributed by atoms with van der Waals surface area (Å²) in [6, 6.07) is 5.50. The summed E-state index contributed by atoms with van der Waals surface area (Å²) < 4.78 is 0. The molecule has 0 aliphatic rings. The van der Waals surface area contributed by atoms with E-state index in [1.54, 1.807) is 0 Å². The van der Waals surface area contributed by atoms with Gasteiger partial charge in [0.05, 0.1) is 0 Å². The minimum Gasteiger partial charge on any atom is -0.356 e. The topological polar surface area (TPSA) is 39.7 Å². The minimum absolute atomic E-state index is 0. The summed E-state index contributed by atoms with van der Waals surface area (Å²) in [4.78, 5) is 8.25. The van der Waals surface area contributed by atoms with Crippen molar-refractivity contribution in [3.8, 4) is 0 Å². The van der Waals surface area contributed by atoms with E-state index in [0.717, 1.165) is 32.0 Å². The summed E-state index contributed by atoms with van der Waals surface area (Å²) in [6.07, 6.45) is 1.12. The van der Waals surface area contributed by atoms with Crippen LogP contribution in [0.15, 0.2) is 22.5 Å². The monoisotopic (exact) mass is 466 g/mol. The zero-order valence-corrected chi connectivity index (χ0v) is 19.2. The van der Waals surface area contributed by atoms with Crippen LogP contribution in [0, 0.1) is 0 Å². The molecule has 2 N–H and O–H groups in total. The lowest BCUT2D eigenvalue weighted by molar-refractivity contribution is 0.173.